The van der Waals surface area contributed by atoms with Gasteiger partial charge in [-0.1, -0.05) is 29.8 Å². The van der Waals surface area contributed by atoms with Crippen LogP contribution < -0.4 is 10.2 Å². The second-order valence-electron chi connectivity index (χ2n) is 8.42. The molecule has 1 heterocycles. The van der Waals surface area contributed by atoms with Gasteiger partial charge in [0.2, 0.25) is 5.91 Å². The molecule has 0 saturated carbocycles. The highest BCUT2D eigenvalue weighted by Gasteiger charge is 2.30. The first-order valence-electron chi connectivity index (χ1n) is 10.3. The van der Waals surface area contributed by atoms with Gasteiger partial charge in [-0.15, -0.1) is 0 Å². The summed E-state index contributed by atoms with van der Waals surface area (Å²) in [4.78, 5) is 29.2. The van der Waals surface area contributed by atoms with E-state index in [2.05, 4.69) is 5.32 Å². The van der Waals surface area contributed by atoms with Crippen molar-refractivity contribution in [3.8, 4) is 0 Å². The molecule has 6 heteroatoms. The minimum absolute atomic E-state index is 0.0928. The van der Waals surface area contributed by atoms with E-state index in [9.17, 15) is 14.7 Å². The van der Waals surface area contributed by atoms with E-state index >= 15 is 0 Å². The second-order valence-corrected chi connectivity index (χ2v) is 8.42. The molecule has 3 rings (SSSR count). The third-order valence-electron chi connectivity index (χ3n) is 5.55. The van der Waals surface area contributed by atoms with Crippen LogP contribution >= 0.6 is 0 Å². The number of aliphatic hydroxyl groups excluding tert-OH is 1. The number of aryl methyl sites for hydroxylation is 2. The number of nitrogens with zero attached hydrogens (tertiary/aromatic N) is 2. The maximum absolute atomic E-state index is 13.0. The van der Waals surface area contributed by atoms with Crippen molar-refractivity contribution in [1.82, 2.24) is 10.2 Å². The van der Waals surface area contributed by atoms with Gasteiger partial charge in [0, 0.05) is 44.5 Å². The number of anilines is 1. The Hall–Kier alpha value is -2.86. The highest BCUT2D eigenvalue weighted by atomic mass is 16.3. The molecule has 2 atom stereocenters. The van der Waals surface area contributed by atoms with E-state index in [4.69, 9.17) is 0 Å². The van der Waals surface area contributed by atoms with E-state index < -0.39 is 6.10 Å². The molecule has 0 aliphatic carbocycles. The Kier molecular flexibility index (Phi) is 6.77. The number of nitrogens with one attached hydrogen (secondary N) is 1. The highest BCUT2D eigenvalue weighted by Crippen LogP contribution is 2.19. The lowest BCUT2D eigenvalue weighted by Gasteiger charge is -2.36. The molecule has 1 aliphatic heterocycles. The Morgan fingerprint density at radius 3 is 2.63 bits per heavy atom. The van der Waals surface area contributed by atoms with Crippen LogP contribution in [0.5, 0.6) is 0 Å². The van der Waals surface area contributed by atoms with Crippen molar-refractivity contribution in [3.63, 3.8) is 0 Å². The summed E-state index contributed by atoms with van der Waals surface area (Å²) in [7, 11) is 3.85. The molecule has 0 spiro atoms. The summed E-state index contributed by atoms with van der Waals surface area (Å²) in [6.07, 6.45) is 0.0738. The van der Waals surface area contributed by atoms with E-state index in [0.717, 1.165) is 22.4 Å². The number of carbonyl (C=O) groups is 2. The van der Waals surface area contributed by atoms with Crippen molar-refractivity contribution < 1.29 is 14.7 Å². The van der Waals surface area contributed by atoms with Gasteiger partial charge in [0.05, 0.1) is 12.5 Å². The number of β-amino-alcohol motifs (C(OH)–C–C–N with tert-alkyl or cyclic N) is 1. The van der Waals surface area contributed by atoms with Crippen molar-refractivity contribution in [1.29, 1.82) is 0 Å². The van der Waals surface area contributed by atoms with Gasteiger partial charge in [0.25, 0.3) is 5.91 Å². The van der Waals surface area contributed by atoms with E-state index in [1.807, 2.05) is 69.2 Å². The fourth-order valence-corrected chi connectivity index (χ4v) is 3.88. The largest absolute Gasteiger partial charge is 0.391 e. The average molecular weight is 410 g/mol. The Bertz CT molecular complexity index is 926. The molecule has 2 aromatic carbocycles. The predicted molar refractivity (Wildman–Crippen MR) is 119 cm³/mol. The summed E-state index contributed by atoms with van der Waals surface area (Å²) in [5.74, 6) is -0.226. The second kappa shape index (κ2) is 9.30. The summed E-state index contributed by atoms with van der Waals surface area (Å²) < 4.78 is 0. The molecule has 0 aromatic heterocycles. The SMILES string of the molecule is Cc1ccc(C)c(CC(=O)N[C@H]2C[C@@H](O)CN(C(=O)c3cccc(N(C)C)c3)C2)c1. The number of amides is 2. The third-order valence-corrected chi connectivity index (χ3v) is 5.55. The zero-order valence-electron chi connectivity index (χ0n) is 18.2. The van der Waals surface area contributed by atoms with E-state index in [1.54, 1.807) is 11.0 Å². The molecule has 2 amide bonds. The predicted octanol–water partition coefficient (Wildman–Crippen LogP) is 2.30. The van der Waals surface area contributed by atoms with Gasteiger partial charge in [-0.25, -0.2) is 0 Å². The summed E-state index contributed by atoms with van der Waals surface area (Å²) in [5.41, 5.74) is 4.72. The van der Waals surface area contributed by atoms with Gasteiger partial charge in [0.1, 0.15) is 0 Å². The lowest BCUT2D eigenvalue weighted by Crippen LogP contribution is -2.54. The van der Waals surface area contributed by atoms with Gasteiger partial charge in [0.15, 0.2) is 0 Å². The molecule has 2 aromatic rings. The maximum Gasteiger partial charge on any atom is 0.254 e. The lowest BCUT2D eigenvalue weighted by molar-refractivity contribution is -0.121. The quantitative estimate of drug-likeness (QED) is 0.795. The molecule has 0 radical (unpaired) electrons. The van der Waals surface area contributed by atoms with Crippen LogP contribution in [0.3, 0.4) is 0 Å². The molecule has 0 unspecified atom stereocenters. The van der Waals surface area contributed by atoms with Crippen molar-refractivity contribution in [2.24, 2.45) is 0 Å². The Labute approximate surface area is 178 Å². The van der Waals surface area contributed by atoms with Crippen LogP contribution in [0.1, 0.15) is 33.5 Å². The first-order chi connectivity index (χ1) is 14.2. The molecule has 2 N–H and O–H groups in total. The summed E-state index contributed by atoms with van der Waals surface area (Å²) >= 11 is 0. The molecule has 1 saturated heterocycles. The Morgan fingerprint density at radius 1 is 1.13 bits per heavy atom. The standard InChI is InChI=1S/C24H31N3O3/c1-16-8-9-17(2)19(10-16)12-23(29)25-20-13-22(28)15-27(14-20)24(30)18-6-5-7-21(11-18)26(3)4/h5-11,20,22,28H,12-15H2,1-4H3,(H,25,29)/t20-,22+/m0/s1. The lowest BCUT2D eigenvalue weighted by atomic mass is 10.00. The van der Waals surface area contributed by atoms with Gasteiger partial charge in [-0.3, -0.25) is 9.59 Å². The topological polar surface area (TPSA) is 72.9 Å². The van der Waals surface area contributed by atoms with Gasteiger partial charge in [-0.05, 0) is 49.6 Å². The average Bonchev–Trinajstić information content (AvgIpc) is 2.69. The van der Waals surface area contributed by atoms with Crippen LogP contribution in [0, 0.1) is 13.8 Å². The van der Waals surface area contributed by atoms with Gasteiger partial charge >= 0.3 is 0 Å². The number of carbonyl (C=O) groups excluding carboxylic acids is 2. The maximum atomic E-state index is 13.0. The highest BCUT2D eigenvalue weighted by molar-refractivity contribution is 5.95. The third kappa shape index (κ3) is 5.39. The first-order valence-corrected chi connectivity index (χ1v) is 10.3. The number of rotatable bonds is 5. The van der Waals surface area contributed by atoms with Crippen LogP contribution in [-0.2, 0) is 11.2 Å². The van der Waals surface area contributed by atoms with Crippen LogP contribution in [0.2, 0.25) is 0 Å². The van der Waals surface area contributed by atoms with Gasteiger partial charge in [-0.2, -0.15) is 0 Å². The Morgan fingerprint density at radius 2 is 1.90 bits per heavy atom. The number of piperidine rings is 1. The zero-order valence-corrected chi connectivity index (χ0v) is 18.2. The van der Waals surface area contributed by atoms with E-state index in [1.165, 1.54) is 0 Å². The van der Waals surface area contributed by atoms with Crippen LogP contribution in [-0.4, -0.2) is 61.2 Å². The Balaban J connectivity index is 1.66. The van der Waals surface area contributed by atoms with Crippen molar-refractivity contribution >= 4 is 17.5 Å². The zero-order chi connectivity index (χ0) is 21.8. The minimum atomic E-state index is -0.661. The molecule has 1 fully saturated rings. The molecule has 1 aliphatic rings. The molecular weight excluding hydrogens is 378 g/mol. The number of hydrogen-bond acceptors (Lipinski definition) is 4. The van der Waals surface area contributed by atoms with Crippen molar-refractivity contribution in [3.05, 3.63) is 64.7 Å². The van der Waals surface area contributed by atoms with Crippen LogP contribution in [0.15, 0.2) is 42.5 Å². The summed E-state index contributed by atoms with van der Waals surface area (Å²) in [6.45, 7) is 4.66. The van der Waals surface area contributed by atoms with Crippen molar-refractivity contribution in [2.45, 2.75) is 38.8 Å². The molecule has 6 nitrogen and oxygen atoms in total. The van der Waals surface area contributed by atoms with Crippen LogP contribution in [0.4, 0.5) is 5.69 Å². The molecule has 0 bridgehead atoms. The van der Waals surface area contributed by atoms with Crippen LogP contribution in [0.25, 0.3) is 0 Å². The summed E-state index contributed by atoms with van der Waals surface area (Å²) in [5, 5.41) is 13.3. The first kappa shape index (κ1) is 21.8. The molecular formula is C24H31N3O3. The van der Waals surface area contributed by atoms with E-state index in [0.29, 0.717) is 24.9 Å². The fourth-order valence-electron chi connectivity index (χ4n) is 3.88. The van der Waals surface area contributed by atoms with Gasteiger partial charge < -0.3 is 20.2 Å². The normalized spacial score (nSPS) is 18.8. The summed E-state index contributed by atoms with van der Waals surface area (Å²) in [6, 6.07) is 13.2. The number of likely N-dealkylation sites (tertiary alicyclic amines) is 1. The number of benzene rings is 2. The monoisotopic (exact) mass is 409 g/mol. The molecule has 30 heavy (non-hydrogen) atoms. The van der Waals surface area contributed by atoms with E-state index in [-0.39, 0.29) is 24.4 Å². The van der Waals surface area contributed by atoms with Crippen molar-refractivity contribution in [2.75, 3.05) is 32.1 Å². The fraction of sp³-hybridized carbons (Fsp3) is 0.417. The smallest absolute Gasteiger partial charge is 0.254 e. The number of hydrogen-bond donors (Lipinski definition) is 2. The minimum Gasteiger partial charge on any atom is -0.391 e. The molecule has 160 valence electrons. The number of aliphatic hydroxyl groups is 1.